The molecule has 1 heterocycles. The maximum absolute atomic E-state index is 11.0. The molecule has 0 saturated heterocycles. The van der Waals surface area contributed by atoms with Crippen molar-refractivity contribution in [2.45, 2.75) is 13.0 Å². The van der Waals surface area contributed by atoms with Gasteiger partial charge in [-0.25, -0.2) is 4.79 Å². The Hall–Kier alpha value is -1.71. The minimum atomic E-state index is -0.888. The normalized spacial score (nSPS) is 13.3. The SMILES string of the molecule is O=C(O)c1ccc2c(c1)CCN2Cc1ccc(Cl)c(Cl)c1. The highest BCUT2D eigenvalue weighted by molar-refractivity contribution is 6.42. The van der Waals surface area contributed by atoms with Gasteiger partial charge in [-0.1, -0.05) is 29.3 Å². The van der Waals surface area contributed by atoms with E-state index in [1.165, 1.54) is 0 Å². The first-order valence-corrected chi connectivity index (χ1v) is 7.35. The largest absolute Gasteiger partial charge is 0.478 e. The molecule has 1 aliphatic rings. The van der Waals surface area contributed by atoms with Crippen LogP contribution >= 0.6 is 23.2 Å². The van der Waals surface area contributed by atoms with Gasteiger partial charge in [-0.2, -0.15) is 0 Å². The van der Waals surface area contributed by atoms with Crippen molar-refractivity contribution in [2.24, 2.45) is 0 Å². The summed E-state index contributed by atoms with van der Waals surface area (Å²) < 4.78 is 0. The molecule has 0 saturated carbocycles. The minimum absolute atomic E-state index is 0.338. The molecule has 0 radical (unpaired) electrons. The maximum atomic E-state index is 11.0. The van der Waals surface area contributed by atoms with Crippen LogP contribution in [0.25, 0.3) is 0 Å². The molecule has 0 aromatic heterocycles. The molecular formula is C16H13Cl2NO2. The van der Waals surface area contributed by atoms with Crippen molar-refractivity contribution in [1.82, 2.24) is 0 Å². The monoisotopic (exact) mass is 321 g/mol. The fourth-order valence-corrected chi connectivity index (χ4v) is 2.95. The van der Waals surface area contributed by atoms with Gasteiger partial charge in [0.15, 0.2) is 0 Å². The average Bonchev–Trinajstić information content (AvgIpc) is 2.85. The zero-order chi connectivity index (χ0) is 15.0. The molecule has 0 aliphatic carbocycles. The van der Waals surface area contributed by atoms with Crippen LogP contribution in [0, 0.1) is 0 Å². The summed E-state index contributed by atoms with van der Waals surface area (Å²) in [6, 6.07) is 10.9. The number of rotatable bonds is 3. The first-order chi connectivity index (χ1) is 10.0. The third-order valence-electron chi connectivity index (χ3n) is 3.68. The lowest BCUT2D eigenvalue weighted by molar-refractivity contribution is 0.0697. The maximum Gasteiger partial charge on any atom is 0.335 e. The molecule has 21 heavy (non-hydrogen) atoms. The number of hydrogen-bond donors (Lipinski definition) is 1. The number of carbonyl (C=O) groups is 1. The van der Waals surface area contributed by atoms with Gasteiger partial charge < -0.3 is 10.0 Å². The second-order valence-corrected chi connectivity index (χ2v) is 5.88. The minimum Gasteiger partial charge on any atom is -0.478 e. The van der Waals surface area contributed by atoms with Gasteiger partial charge in [0.1, 0.15) is 0 Å². The summed E-state index contributed by atoms with van der Waals surface area (Å²) in [5.74, 6) is -0.888. The average molecular weight is 322 g/mol. The summed E-state index contributed by atoms with van der Waals surface area (Å²) in [5, 5.41) is 10.1. The molecule has 108 valence electrons. The van der Waals surface area contributed by atoms with E-state index in [0.29, 0.717) is 15.6 Å². The Labute approximate surface area is 132 Å². The molecule has 0 unspecified atom stereocenters. The molecule has 0 atom stereocenters. The third-order valence-corrected chi connectivity index (χ3v) is 4.41. The highest BCUT2D eigenvalue weighted by Gasteiger charge is 2.20. The van der Waals surface area contributed by atoms with Crippen LogP contribution in [0.5, 0.6) is 0 Å². The van der Waals surface area contributed by atoms with Crippen molar-refractivity contribution in [3.05, 3.63) is 63.1 Å². The molecule has 2 aromatic carbocycles. The lowest BCUT2D eigenvalue weighted by Crippen LogP contribution is -2.19. The van der Waals surface area contributed by atoms with E-state index in [2.05, 4.69) is 4.90 Å². The fraction of sp³-hybridized carbons (Fsp3) is 0.188. The summed E-state index contributed by atoms with van der Waals surface area (Å²) >= 11 is 12.0. The number of aromatic carboxylic acids is 1. The van der Waals surface area contributed by atoms with Gasteiger partial charge in [-0.15, -0.1) is 0 Å². The molecule has 2 aromatic rings. The molecule has 1 aliphatic heterocycles. The summed E-state index contributed by atoms with van der Waals surface area (Å²) in [5.41, 5.74) is 3.59. The van der Waals surface area contributed by atoms with Crippen LogP contribution < -0.4 is 4.90 Å². The van der Waals surface area contributed by atoms with Crippen molar-refractivity contribution in [3.63, 3.8) is 0 Å². The van der Waals surface area contributed by atoms with Gasteiger partial charge in [0.25, 0.3) is 0 Å². The predicted molar refractivity (Wildman–Crippen MR) is 84.6 cm³/mol. The predicted octanol–water partition coefficient (Wildman–Crippen LogP) is 4.25. The molecule has 3 nitrogen and oxygen atoms in total. The summed E-state index contributed by atoms with van der Waals surface area (Å²) in [6.07, 6.45) is 0.859. The summed E-state index contributed by atoms with van der Waals surface area (Å²) in [4.78, 5) is 13.2. The molecule has 1 N–H and O–H groups in total. The molecule has 0 bridgehead atoms. The topological polar surface area (TPSA) is 40.5 Å². The zero-order valence-electron chi connectivity index (χ0n) is 11.1. The Balaban J connectivity index is 1.84. The van der Waals surface area contributed by atoms with E-state index in [4.69, 9.17) is 28.3 Å². The van der Waals surface area contributed by atoms with Gasteiger partial charge in [0.2, 0.25) is 0 Å². The first kappa shape index (κ1) is 14.2. The second kappa shape index (κ2) is 5.58. The first-order valence-electron chi connectivity index (χ1n) is 6.59. The number of nitrogens with zero attached hydrogens (tertiary/aromatic N) is 1. The van der Waals surface area contributed by atoms with E-state index in [1.807, 2.05) is 18.2 Å². The van der Waals surface area contributed by atoms with Crippen LogP contribution in [-0.4, -0.2) is 17.6 Å². The Kier molecular flexibility index (Phi) is 3.79. The number of carboxylic acid groups (broad SMARTS) is 1. The van der Waals surface area contributed by atoms with Crippen molar-refractivity contribution in [3.8, 4) is 0 Å². The molecule has 3 rings (SSSR count). The van der Waals surface area contributed by atoms with Gasteiger partial charge >= 0.3 is 5.97 Å². The Morgan fingerprint density at radius 1 is 1.14 bits per heavy atom. The van der Waals surface area contributed by atoms with Crippen LogP contribution in [0.2, 0.25) is 10.0 Å². The highest BCUT2D eigenvalue weighted by Crippen LogP contribution is 2.31. The van der Waals surface area contributed by atoms with Crippen LogP contribution in [-0.2, 0) is 13.0 Å². The molecule has 0 amide bonds. The van der Waals surface area contributed by atoms with Crippen molar-refractivity contribution >= 4 is 34.9 Å². The zero-order valence-corrected chi connectivity index (χ0v) is 12.7. The molecular weight excluding hydrogens is 309 g/mol. The summed E-state index contributed by atoms with van der Waals surface area (Å²) in [6.45, 7) is 1.61. The number of anilines is 1. The number of hydrogen-bond acceptors (Lipinski definition) is 2. The Morgan fingerprint density at radius 3 is 2.67 bits per heavy atom. The second-order valence-electron chi connectivity index (χ2n) is 5.07. The number of halogens is 2. The number of fused-ring (bicyclic) bond motifs is 1. The fourth-order valence-electron chi connectivity index (χ4n) is 2.63. The van der Waals surface area contributed by atoms with Crippen LogP contribution in [0.4, 0.5) is 5.69 Å². The van der Waals surface area contributed by atoms with Gasteiger partial charge in [-0.05, 0) is 47.9 Å². The third kappa shape index (κ3) is 2.85. The summed E-state index contributed by atoms with van der Waals surface area (Å²) in [7, 11) is 0. The van der Waals surface area contributed by atoms with E-state index in [0.717, 1.165) is 36.3 Å². The van der Waals surface area contributed by atoms with Crippen LogP contribution in [0.15, 0.2) is 36.4 Å². The Bertz CT molecular complexity index is 715. The smallest absolute Gasteiger partial charge is 0.335 e. The molecule has 0 fully saturated rings. The van der Waals surface area contributed by atoms with Gasteiger partial charge in [-0.3, -0.25) is 0 Å². The standard InChI is InChI=1S/C16H13Cl2NO2/c17-13-3-1-10(7-14(13)18)9-19-6-5-11-8-12(16(20)21)2-4-15(11)19/h1-4,7-8H,5-6,9H2,(H,20,21). The van der Waals surface area contributed by atoms with Crippen LogP contribution in [0.3, 0.4) is 0 Å². The molecule has 5 heteroatoms. The highest BCUT2D eigenvalue weighted by atomic mass is 35.5. The van der Waals surface area contributed by atoms with Crippen molar-refractivity contribution < 1.29 is 9.90 Å². The van der Waals surface area contributed by atoms with Gasteiger partial charge in [0, 0.05) is 18.8 Å². The number of benzene rings is 2. The van der Waals surface area contributed by atoms with E-state index in [1.54, 1.807) is 18.2 Å². The van der Waals surface area contributed by atoms with Crippen molar-refractivity contribution in [1.29, 1.82) is 0 Å². The van der Waals surface area contributed by atoms with E-state index in [-0.39, 0.29) is 0 Å². The lowest BCUT2D eigenvalue weighted by atomic mass is 10.1. The van der Waals surface area contributed by atoms with E-state index < -0.39 is 5.97 Å². The van der Waals surface area contributed by atoms with Gasteiger partial charge in [0.05, 0.1) is 15.6 Å². The number of carboxylic acids is 1. The van der Waals surface area contributed by atoms with E-state index >= 15 is 0 Å². The molecule has 0 spiro atoms. The quantitative estimate of drug-likeness (QED) is 0.918. The lowest BCUT2D eigenvalue weighted by Gasteiger charge is -2.20. The Morgan fingerprint density at radius 2 is 1.95 bits per heavy atom. The van der Waals surface area contributed by atoms with Crippen LogP contribution in [0.1, 0.15) is 21.5 Å². The van der Waals surface area contributed by atoms with Crippen molar-refractivity contribution in [2.75, 3.05) is 11.4 Å². The van der Waals surface area contributed by atoms with E-state index in [9.17, 15) is 4.79 Å².